The lowest BCUT2D eigenvalue weighted by Crippen LogP contribution is -2.19. The van der Waals surface area contributed by atoms with Crippen LogP contribution in [-0.2, 0) is 6.54 Å². The number of nitrogen functional groups attached to an aromatic ring is 1. The van der Waals surface area contributed by atoms with Crippen molar-refractivity contribution < 1.29 is 8.78 Å². The second-order valence-corrected chi connectivity index (χ2v) is 3.85. The van der Waals surface area contributed by atoms with Crippen LogP contribution < -0.4 is 10.6 Å². The lowest BCUT2D eigenvalue weighted by atomic mass is 10.2. The summed E-state index contributed by atoms with van der Waals surface area (Å²) in [6, 6.07) is 4.85. The van der Waals surface area contributed by atoms with Crippen molar-refractivity contribution in [2.75, 3.05) is 17.7 Å². The second kappa shape index (κ2) is 4.95. The van der Waals surface area contributed by atoms with Gasteiger partial charge in [-0.2, -0.15) is 0 Å². The third-order valence-corrected chi connectivity index (χ3v) is 2.43. The van der Waals surface area contributed by atoms with Crippen LogP contribution in [0, 0.1) is 11.6 Å². The van der Waals surface area contributed by atoms with Crippen molar-refractivity contribution in [3.05, 3.63) is 47.9 Å². The number of nitrogens with two attached hydrogens (primary N) is 1. The molecule has 4 nitrogen and oxygen atoms in total. The first-order valence-corrected chi connectivity index (χ1v) is 5.30. The standard InChI is InChI=1S/C12H12F2N4/c1-18(7-12-16-5-4-11(15)17-12)10-6-8(13)2-3-9(10)14/h2-6H,7H2,1H3,(H2,15,16,17). The highest BCUT2D eigenvalue weighted by molar-refractivity contribution is 5.47. The fourth-order valence-corrected chi connectivity index (χ4v) is 1.57. The number of benzene rings is 1. The van der Waals surface area contributed by atoms with E-state index in [0.717, 1.165) is 18.2 Å². The van der Waals surface area contributed by atoms with E-state index >= 15 is 0 Å². The number of rotatable bonds is 3. The normalized spacial score (nSPS) is 10.4. The summed E-state index contributed by atoms with van der Waals surface area (Å²) in [6.07, 6.45) is 1.52. The van der Waals surface area contributed by atoms with Crippen molar-refractivity contribution in [3.63, 3.8) is 0 Å². The van der Waals surface area contributed by atoms with Gasteiger partial charge in [0.2, 0.25) is 0 Å². The van der Waals surface area contributed by atoms with Gasteiger partial charge in [-0.25, -0.2) is 18.7 Å². The summed E-state index contributed by atoms with van der Waals surface area (Å²) >= 11 is 0. The van der Waals surface area contributed by atoms with Crippen molar-refractivity contribution in [2.45, 2.75) is 6.54 Å². The van der Waals surface area contributed by atoms with Gasteiger partial charge in [-0.15, -0.1) is 0 Å². The number of aromatic nitrogens is 2. The van der Waals surface area contributed by atoms with E-state index < -0.39 is 11.6 Å². The molecule has 2 rings (SSSR count). The maximum absolute atomic E-state index is 13.5. The molecular formula is C12H12F2N4. The molecule has 2 aromatic rings. The molecule has 6 heteroatoms. The minimum absolute atomic E-state index is 0.154. The Kier molecular flexibility index (Phi) is 3.36. The van der Waals surface area contributed by atoms with Gasteiger partial charge in [0.15, 0.2) is 0 Å². The van der Waals surface area contributed by atoms with Gasteiger partial charge in [0.1, 0.15) is 23.3 Å². The quantitative estimate of drug-likeness (QED) is 0.904. The highest BCUT2D eigenvalue weighted by Gasteiger charge is 2.10. The summed E-state index contributed by atoms with van der Waals surface area (Å²) < 4.78 is 26.6. The van der Waals surface area contributed by atoms with Crippen molar-refractivity contribution in [1.82, 2.24) is 9.97 Å². The van der Waals surface area contributed by atoms with Crippen LogP contribution in [0.15, 0.2) is 30.5 Å². The van der Waals surface area contributed by atoms with Crippen molar-refractivity contribution in [1.29, 1.82) is 0 Å². The molecule has 1 aromatic carbocycles. The summed E-state index contributed by atoms with van der Waals surface area (Å²) in [5.74, 6) is -0.205. The largest absolute Gasteiger partial charge is 0.384 e. The van der Waals surface area contributed by atoms with Crippen LogP contribution in [0.4, 0.5) is 20.3 Å². The number of hydrogen-bond donors (Lipinski definition) is 1. The molecule has 0 atom stereocenters. The van der Waals surface area contributed by atoms with E-state index in [-0.39, 0.29) is 12.2 Å². The Hall–Kier alpha value is -2.24. The maximum atomic E-state index is 13.5. The van der Waals surface area contributed by atoms with Crippen molar-refractivity contribution in [2.24, 2.45) is 0 Å². The Balaban J connectivity index is 2.21. The monoisotopic (exact) mass is 250 g/mol. The van der Waals surface area contributed by atoms with Gasteiger partial charge < -0.3 is 10.6 Å². The maximum Gasteiger partial charge on any atom is 0.149 e. The van der Waals surface area contributed by atoms with Crippen LogP contribution >= 0.6 is 0 Å². The molecular weight excluding hydrogens is 238 g/mol. The highest BCUT2D eigenvalue weighted by Crippen LogP contribution is 2.20. The average molecular weight is 250 g/mol. The summed E-state index contributed by atoms with van der Waals surface area (Å²) in [4.78, 5) is 9.53. The summed E-state index contributed by atoms with van der Waals surface area (Å²) in [5.41, 5.74) is 5.68. The predicted molar refractivity (Wildman–Crippen MR) is 64.9 cm³/mol. The van der Waals surface area contributed by atoms with E-state index in [1.807, 2.05) is 0 Å². The molecule has 2 N–H and O–H groups in total. The molecule has 1 heterocycles. The lowest BCUT2D eigenvalue weighted by molar-refractivity contribution is 0.595. The fourth-order valence-electron chi connectivity index (χ4n) is 1.57. The topological polar surface area (TPSA) is 55.0 Å². The van der Waals surface area contributed by atoms with Crippen LogP contribution in [0.5, 0.6) is 0 Å². The zero-order valence-corrected chi connectivity index (χ0v) is 9.77. The molecule has 0 aliphatic rings. The van der Waals surface area contributed by atoms with E-state index in [2.05, 4.69) is 9.97 Å². The molecule has 0 spiro atoms. The first kappa shape index (κ1) is 12.2. The molecule has 0 aliphatic carbocycles. The third-order valence-electron chi connectivity index (χ3n) is 2.43. The van der Waals surface area contributed by atoms with Crippen LogP contribution in [0.25, 0.3) is 0 Å². The Morgan fingerprint density at radius 2 is 2.06 bits per heavy atom. The minimum atomic E-state index is -0.497. The molecule has 18 heavy (non-hydrogen) atoms. The Labute approximate surface area is 103 Å². The van der Waals surface area contributed by atoms with E-state index in [1.54, 1.807) is 13.1 Å². The van der Waals surface area contributed by atoms with E-state index in [1.165, 1.54) is 11.1 Å². The molecule has 0 aliphatic heterocycles. The highest BCUT2D eigenvalue weighted by atomic mass is 19.1. The molecule has 0 saturated carbocycles. The second-order valence-electron chi connectivity index (χ2n) is 3.85. The molecule has 0 bridgehead atoms. The van der Waals surface area contributed by atoms with Gasteiger partial charge in [-0.1, -0.05) is 0 Å². The van der Waals surface area contributed by atoms with Gasteiger partial charge in [0.05, 0.1) is 12.2 Å². The van der Waals surface area contributed by atoms with Crippen LogP contribution in [0.1, 0.15) is 5.82 Å². The van der Waals surface area contributed by atoms with Gasteiger partial charge in [-0.3, -0.25) is 0 Å². The summed E-state index contributed by atoms with van der Waals surface area (Å²) in [6.45, 7) is 0.241. The van der Waals surface area contributed by atoms with E-state index in [4.69, 9.17) is 5.73 Å². The number of halogens is 2. The van der Waals surface area contributed by atoms with Gasteiger partial charge in [0, 0.05) is 19.3 Å². The van der Waals surface area contributed by atoms with Crippen LogP contribution in [-0.4, -0.2) is 17.0 Å². The molecule has 0 unspecified atom stereocenters. The number of hydrogen-bond acceptors (Lipinski definition) is 4. The SMILES string of the molecule is CN(Cc1nccc(N)n1)c1cc(F)ccc1F. The first-order chi connectivity index (χ1) is 8.56. The summed E-state index contributed by atoms with van der Waals surface area (Å²) in [5, 5.41) is 0. The van der Waals surface area contributed by atoms with Crippen LogP contribution in [0.3, 0.4) is 0 Å². The van der Waals surface area contributed by atoms with Crippen molar-refractivity contribution >= 4 is 11.5 Å². The fraction of sp³-hybridized carbons (Fsp3) is 0.167. The molecule has 0 amide bonds. The molecule has 0 fully saturated rings. The lowest BCUT2D eigenvalue weighted by Gasteiger charge is -2.19. The van der Waals surface area contributed by atoms with Gasteiger partial charge in [-0.05, 0) is 18.2 Å². The zero-order chi connectivity index (χ0) is 13.1. The predicted octanol–water partition coefficient (Wildman–Crippen LogP) is 1.97. The third kappa shape index (κ3) is 2.71. The zero-order valence-electron chi connectivity index (χ0n) is 9.77. The average Bonchev–Trinajstić information content (AvgIpc) is 2.32. The van der Waals surface area contributed by atoms with E-state index in [9.17, 15) is 8.78 Å². The number of anilines is 2. The molecule has 0 saturated heterocycles. The van der Waals surface area contributed by atoms with Gasteiger partial charge in [0.25, 0.3) is 0 Å². The van der Waals surface area contributed by atoms with E-state index in [0.29, 0.717) is 11.6 Å². The van der Waals surface area contributed by atoms with Crippen LogP contribution in [0.2, 0.25) is 0 Å². The van der Waals surface area contributed by atoms with Crippen molar-refractivity contribution in [3.8, 4) is 0 Å². The molecule has 94 valence electrons. The van der Waals surface area contributed by atoms with Gasteiger partial charge >= 0.3 is 0 Å². The molecule has 0 radical (unpaired) electrons. The summed E-state index contributed by atoms with van der Waals surface area (Å²) in [7, 11) is 1.63. The Morgan fingerprint density at radius 1 is 1.28 bits per heavy atom. The smallest absolute Gasteiger partial charge is 0.149 e. The Morgan fingerprint density at radius 3 is 2.78 bits per heavy atom. The molecule has 1 aromatic heterocycles. The Bertz CT molecular complexity index is 560. The minimum Gasteiger partial charge on any atom is -0.384 e. The number of nitrogens with zero attached hydrogens (tertiary/aromatic N) is 3. The first-order valence-electron chi connectivity index (χ1n) is 5.30.